The summed E-state index contributed by atoms with van der Waals surface area (Å²) in [6.45, 7) is 0.773. The zero-order valence-corrected chi connectivity index (χ0v) is 17.9. The second-order valence-electron chi connectivity index (χ2n) is 7.51. The smallest absolute Gasteiger partial charge is 0.200 e. The monoisotopic (exact) mass is 368 g/mol. The maximum absolute atomic E-state index is 4.99. The highest BCUT2D eigenvalue weighted by atomic mass is 15.3. The lowest BCUT2D eigenvalue weighted by Crippen LogP contribution is -2.35. The zero-order chi connectivity index (χ0) is 20.1. The Hall–Kier alpha value is -2.60. The van der Waals surface area contributed by atoms with E-state index in [1.807, 2.05) is 58.2 Å². The molecule has 0 amide bonds. The maximum Gasteiger partial charge on any atom is 0.200 e. The van der Waals surface area contributed by atoms with E-state index in [1.165, 1.54) is 0 Å². The van der Waals surface area contributed by atoms with Gasteiger partial charge in [-0.1, -0.05) is 24.3 Å². The van der Waals surface area contributed by atoms with E-state index in [2.05, 4.69) is 54.2 Å². The number of likely N-dealkylation sites (N-methyl/N-ethyl adjacent to an activating group) is 2. The summed E-state index contributed by atoms with van der Waals surface area (Å²) in [5.41, 5.74) is 1.86. The molecule has 0 atom stereocenters. The summed E-state index contributed by atoms with van der Waals surface area (Å²) >= 11 is 0. The highest BCUT2D eigenvalue weighted by Crippen LogP contribution is 2.35. The van der Waals surface area contributed by atoms with Gasteiger partial charge in [0, 0.05) is 47.7 Å². The van der Waals surface area contributed by atoms with E-state index in [9.17, 15) is 0 Å². The van der Waals surface area contributed by atoms with E-state index in [-0.39, 0.29) is 0 Å². The lowest BCUT2D eigenvalue weighted by Gasteiger charge is -2.23. The van der Waals surface area contributed by atoms with Gasteiger partial charge in [-0.15, -0.1) is 0 Å². The number of hydrogen-bond acceptors (Lipinski definition) is 3. The number of fused-ring (bicyclic) bond motifs is 1. The molecular formula is C21H32N6. The van der Waals surface area contributed by atoms with Crippen molar-refractivity contribution in [2.45, 2.75) is 0 Å². The Balaban J connectivity index is 2.71. The van der Waals surface area contributed by atoms with Crippen LogP contribution in [0.1, 0.15) is 0 Å². The van der Waals surface area contributed by atoms with Gasteiger partial charge < -0.3 is 19.6 Å². The molecule has 0 N–H and O–H groups in total. The van der Waals surface area contributed by atoms with Gasteiger partial charge in [0.25, 0.3) is 0 Å². The van der Waals surface area contributed by atoms with Crippen LogP contribution in [0.4, 0.5) is 11.4 Å². The summed E-state index contributed by atoms with van der Waals surface area (Å²) in [5, 5.41) is 2.21. The Bertz CT molecular complexity index is 818. The number of rotatable bonds is 4. The summed E-state index contributed by atoms with van der Waals surface area (Å²) in [5.74, 6) is 1.90. The molecule has 0 unspecified atom stereocenters. The Morgan fingerprint density at radius 3 is 1.67 bits per heavy atom. The van der Waals surface area contributed by atoms with Crippen LogP contribution in [0.15, 0.2) is 46.4 Å². The van der Waals surface area contributed by atoms with Crippen LogP contribution in [0.25, 0.3) is 10.8 Å². The zero-order valence-electron chi connectivity index (χ0n) is 17.9. The Morgan fingerprint density at radius 1 is 0.704 bits per heavy atom. The van der Waals surface area contributed by atoms with E-state index in [0.717, 1.165) is 40.5 Å². The van der Waals surface area contributed by atoms with Gasteiger partial charge in [0.2, 0.25) is 5.96 Å². The van der Waals surface area contributed by atoms with Crippen LogP contribution in [0.3, 0.4) is 0 Å². The van der Waals surface area contributed by atoms with Gasteiger partial charge in [-0.25, -0.2) is 9.98 Å². The molecule has 2 aromatic rings. The fourth-order valence-corrected chi connectivity index (χ4v) is 2.89. The van der Waals surface area contributed by atoms with E-state index < -0.39 is 0 Å². The van der Waals surface area contributed by atoms with Gasteiger partial charge in [-0.05, 0) is 31.6 Å². The average Bonchev–Trinajstić information content (AvgIpc) is 2.58. The topological polar surface area (TPSA) is 37.7 Å². The lowest BCUT2D eigenvalue weighted by atomic mass is 10.1. The van der Waals surface area contributed by atoms with Crippen LogP contribution in [0.2, 0.25) is 0 Å². The number of aliphatic imine (C=N–C) groups is 2. The van der Waals surface area contributed by atoms with Crippen molar-refractivity contribution in [2.24, 2.45) is 9.98 Å². The molecule has 0 aliphatic rings. The van der Waals surface area contributed by atoms with Crippen LogP contribution >= 0.6 is 0 Å². The average molecular weight is 369 g/mol. The third-order valence-electron chi connectivity index (χ3n) is 4.10. The highest BCUT2D eigenvalue weighted by molar-refractivity contribution is 6.04. The molecule has 0 aliphatic heterocycles. The number of hydrogen-bond donors (Lipinski definition) is 0. The first-order valence-corrected chi connectivity index (χ1v) is 9.05. The normalized spacial score (nSPS) is 11.7. The van der Waals surface area contributed by atoms with Gasteiger partial charge in [0.1, 0.15) is 5.84 Å². The third kappa shape index (κ3) is 5.20. The molecule has 0 bridgehead atoms. The number of nitrogens with zero attached hydrogens (tertiary/aromatic N) is 6. The van der Waals surface area contributed by atoms with Gasteiger partial charge in [-0.2, -0.15) is 0 Å². The number of guanidine groups is 1. The first-order chi connectivity index (χ1) is 12.7. The molecule has 0 fully saturated rings. The molecule has 6 nitrogen and oxygen atoms in total. The van der Waals surface area contributed by atoms with Gasteiger partial charge in [-0.3, -0.25) is 0 Å². The Kier molecular flexibility index (Phi) is 6.80. The summed E-state index contributed by atoms with van der Waals surface area (Å²) in [6, 6.07) is 12.4. The van der Waals surface area contributed by atoms with Gasteiger partial charge >= 0.3 is 0 Å². The Morgan fingerprint density at radius 2 is 1.22 bits per heavy atom. The minimum Gasteiger partial charge on any atom is -0.365 e. The fraction of sp³-hybridized carbons (Fsp3) is 0.429. The highest BCUT2D eigenvalue weighted by Gasteiger charge is 2.11. The second kappa shape index (κ2) is 8.86. The first-order valence-electron chi connectivity index (χ1n) is 9.05. The molecular weight excluding hydrogens is 336 g/mol. The van der Waals surface area contributed by atoms with Gasteiger partial charge in [0.05, 0.1) is 17.9 Å². The van der Waals surface area contributed by atoms with Crippen molar-refractivity contribution in [3.63, 3.8) is 0 Å². The van der Waals surface area contributed by atoms with E-state index in [0.29, 0.717) is 0 Å². The second-order valence-corrected chi connectivity index (χ2v) is 7.51. The SMILES string of the molecule is CN(C)CC(=Nc1cccc2cccc(N=C(N(C)C)N(C)C)c12)N(C)C. The lowest BCUT2D eigenvalue weighted by molar-refractivity contribution is 0.444. The molecule has 0 heterocycles. The summed E-state index contributed by atoms with van der Waals surface area (Å²) in [4.78, 5) is 18.1. The molecule has 2 rings (SSSR count). The predicted octanol–water partition coefficient (Wildman–Crippen LogP) is 3.10. The molecule has 146 valence electrons. The van der Waals surface area contributed by atoms with E-state index in [4.69, 9.17) is 9.98 Å². The first kappa shape index (κ1) is 20.7. The fourth-order valence-electron chi connectivity index (χ4n) is 2.89. The molecule has 0 radical (unpaired) electrons. The van der Waals surface area contributed by atoms with Crippen molar-refractivity contribution in [2.75, 3.05) is 62.9 Å². The van der Waals surface area contributed by atoms with Crippen molar-refractivity contribution < 1.29 is 0 Å². The maximum atomic E-state index is 4.99. The van der Waals surface area contributed by atoms with Crippen LogP contribution in [0.5, 0.6) is 0 Å². The quantitative estimate of drug-likeness (QED) is 0.614. The molecule has 6 heteroatoms. The molecule has 0 saturated carbocycles. The van der Waals surface area contributed by atoms with Crippen molar-refractivity contribution in [1.82, 2.24) is 19.6 Å². The largest absolute Gasteiger partial charge is 0.365 e. The summed E-state index contributed by atoms with van der Waals surface area (Å²) in [7, 11) is 16.2. The Labute approximate surface area is 163 Å². The van der Waals surface area contributed by atoms with Crippen LogP contribution in [-0.4, -0.2) is 94.3 Å². The van der Waals surface area contributed by atoms with Crippen molar-refractivity contribution in [3.05, 3.63) is 36.4 Å². The minimum absolute atomic E-state index is 0.773. The number of benzene rings is 2. The van der Waals surface area contributed by atoms with Crippen molar-refractivity contribution >= 4 is 33.9 Å². The molecule has 0 aromatic heterocycles. The van der Waals surface area contributed by atoms with E-state index in [1.54, 1.807) is 0 Å². The summed E-state index contributed by atoms with van der Waals surface area (Å²) in [6.07, 6.45) is 0. The molecule has 0 saturated heterocycles. The van der Waals surface area contributed by atoms with Crippen LogP contribution in [-0.2, 0) is 0 Å². The third-order valence-corrected chi connectivity index (χ3v) is 4.10. The molecule has 2 aromatic carbocycles. The predicted molar refractivity (Wildman–Crippen MR) is 118 cm³/mol. The van der Waals surface area contributed by atoms with Crippen LogP contribution < -0.4 is 0 Å². The van der Waals surface area contributed by atoms with E-state index >= 15 is 0 Å². The van der Waals surface area contributed by atoms with Gasteiger partial charge in [0.15, 0.2) is 0 Å². The van der Waals surface area contributed by atoms with Crippen molar-refractivity contribution in [3.8, 4) is 0 Å². The molecule has 0 aliphatic carbocycles. The van der Waals surface area contributed by atoms with Crippen LogP contribution in [0, 0.1) is 0 Å². The molecule has 27 heavy (non-hydrogen) atoms. The molecule has 0 spiro atoms. The number of amidine groups is 1. The summed E-state index contributed by atoms with van der Waals surface area (Å²) < 4.78 is 0. The standard InChI is InChI=1S/C21H32N6/c1-24(2)15-19(25(3)4)22-17-13-9-11-16-12-10-14-18(20(16)17)23-21(26(5)6)27(7)8/h9-14H,15H2,1-8H3. The minimum atomic E-state index is 0.773. The van der Waals surface area contributed by atoms with Crippen molar-refractivity contribution in [1.29, 1.82) is 0 Å².